The van der Waals surface area contributed by atoms with Crippen LogP contribution in [0.3, 0.4) is 0 Å². The number of carboxylic acid groups (broad SMARTS) is 1. The van der Waals surface area contributed by atoms with E-state index in [4.69, 9.17) is 5.11 Å². The number of carboxylic acids is 1. The number of hydrogen-bond donors (Lipinski definition) is 1. The van der Waals surface area contributed by atoms with E-state index in [-0.39, 0.29) is 5.82 Å². The zero-order valence-electron chi connectivity index (χ0n) is 10.1. The molecule has 1 saturated heterocycles. The topological polar surface area (TPSA) is 40.5 Å². The van der Waals surface area contributed by atoms with Crippen LogP contribution in [0.5, 0.6) is 0 Å². The molecule has 0 amide bonds. The van der Waals surface area contributed by atoms with Crippen LogP contribution in [0.2, 0.25) is 0 Å². The predicted octanol–water partition coefficient (Wildman–Crippen LogP) is 2.52. The van der Waals surface area contributed by atoms with Gasteiger partial charge in [-0.2, -0.15) is 0 Å². The van der Waals surface area contributed by atoms with Crippen LogP contribution < -0.4 is 0 Å². The molecule has 0 aliphatic carbocycles. The van der Waals surface area contributed by atoms with Crippen molar-refractivity contribution in [1.29, 1.82) is 0 Å². The SMILES string of the molecule is O=C(O)C=Cc1cc(F)ccc1CN1CCCC1. The quantitative estimate of drug-likeness (QED) is 0.833. The van der Waals surface area contributed by atoms with E-state index in [2.05, 4.69) is 4.90 Å². The van der Waals surface area contributed by atoms with Crippen LogP contribution in [-0.2, 0) is 11.3 Å². The van der Waals surface area contributed by atoms with Gasteiger partial charge >= 0.3 is 5.97 Å². The number of nitrogens with zero attached hydrogens (tertiary/aromatic N) is 1. The van der Waals surface area contributed by atoms with Gasteiger partial charge in [0.05, 0.1) is 0 Å². The Hall–Kier alpha value is -1.68. The van der Waals surface area contributed by atoms with Gasteiger partial charge in [0.25, 0.3) is 0 Å². The van der Waals surface area contributed by atoms with Crippen LogP contribution in [0, 0.1) is 5.82 Å². The average Bonchev–Trinajstić information content (AvgIpc) is 2.82. The van der Waals surface area contributed by atoms with Crippen molar-refractivity contribution in [2.75, 3.05) is 13.1 Å². The molecule has 96 valence electrons. The van der Waals surface area contributed by atoms with Gasteiger partial charge in [0.2, 0.25) is 0 Å². The smallest absolute Gasteiger partial charge is 0.328 e. The summed E-state index contributed by atoms with van der Waals surface area (Å²) in [6.45, 7) is 2.86. The maximum absolute atomic E-state index is 13.2. The number of carbonyl (C=O) groups is 1. The maximum atomic E-state index is 13.2. The van der Waals surface area contributed by atoms with Crippen molar-refractivity contribution in [1.82, 2.24) is 4.90 Å². The van der Waals surface area contributed by atoms with Crippen molar-refractivity contribution < 1.29 is 14.3 Å². The van der Waals surface area contributed by atoms with E-state index in [9.17, 15) is 9.18 Å². The summed E-state index contributed by atoms with van der Waals surface area (Å²) in [7, 11) is 0. The van der Waals surface area contributed by atoms with E-state index >= 15 is 0 Å². The van der Waals surface area contributed by atoms with Gasteiger partial charge in [-0.25, -0.2) is 9.18 Å². The van der Waals surface area contributed by atoms with Crippen LogP contribution in [0.25, 0.3) is 6.08 Å². The van der Waals surface area contributed by atoms with Crippen molar-refractivity contribution in [3.8, 4) is 0 Å². The van der Waals surface area contributed by atoms with Crippen LogP contribution >= 0.6 is 0 Å². The van der Waals surface area contributed by atoms with Crippen molar-refractivity contribution in [3.05, 3.63) is 41.2 Å². The lowest BCUT2D eigenvalue weighted by molar-refractivity contribution is -0.131. The number of likely N-dealkylation sites (tertiary alicyclic amines) is 1. The predicted molar refractivity (Wildman–Crippen MR) is 67.6 cm³/mol. The van der Waals surface area contributed by atoms with Crippen LogP contribution in [0.15, 0.2) is 24.3 Å². The zero-order valence-corrected chi connectivity index (χ0v) is 10.1. The van der Waals surface area contributed by atoms with E-state index in [0.717, 1.165) is 31.3 Å². The summed E-state index contributed by atoms with van der Waals surface area (Å²) in [5.74, 6) is -1.36. The lowest BCUT2D eigenvalue weighted by Crippen LogP contribution is -2.19. The Morgan fingerprint density at radius 1 is 1.39 bits per heavy atom. The van der Waals surface area contributed by atoms with Crippen molar-refractivity contribution in [2.45, 2.75) is 19.4 Å². The van der Waals surface area contributed by atoms with E-state index in [1.165, 1.54) is 31.1 Å². The summed E-state index contributed by atoms with van der Waals surface area (Å²) in [6, 6.07) is 4.53. The molecule has 4 heteroatoms. The molecule has 3 nitrogen and oxygen atoms in total. The third kappa shape index (κ3) is 3.40. The number of aliphatic carboxylic acids is 1. The summed E-state index contributed by atoms with van der Waals surface area (Å²) in [5, 5.41) is 8.63. The molecule has 1 aliphatic rings. The molecule has 0 bridgehead atoms. The molecule has 1 aliphatic heterocycles. The fourth-order valence-electron chi connectivity index (χ4n) is 2.21. The minimum absolute atomic E-state index is 0.342. The molecular formula is C14H16FNO2. The molecule has 0 aromatic heterocycles. The summed E-state index contributed by atoms with van der Waals surface area (Å²) >= 11 is 0. The van der Waals surface area contributed by atoms with Gasteiger partial charge in [0, 0.05) is 12.6 Å². The molecule has 1 N–H and O–H groups in total. The van der Waals surface area contributed by atoms with E-state index in [0.29, 0.717) is 5.56 Å². The number of rotatable bonds is 4. The van der Waals surface area contributed by atoms with E-state index in [1.807, 2.05) is 0 Å². The normalized spacial score (nSPS) is 16.5. The number of hydrogen-bond acceptors (Lipinski definition) is 2. The second-order valence-electron chi connectivity index (χ2n) is 4.50. The highest BCUT2D eigenvalue weighted by Gasteiger charge is 2.13. The minimum Gasteiger partial charge on any atom is -0.478 e. The third-order valence-electron chi connectivity index (χ3n) is 3.11. The largest absolute Gasteiger partial charge is 0.478 e. The molecule has 0 saturated carbocycles. The molecule has 18 heavy (non-hydrogen) atoms. The van der Waals surface area contributed by atoms with Gasteiger partial charge in [-0.05, 0) is 55.3 Å². The Kier molecular flexibility index (Phi) is 4.10. The maximum Gasteiger partial charge on any atom is 0.328 e. The highest BCUT2D eigenvalue weighted by Crippen LogP contribution is 2.18. The Morgan fingerprint density at radius 3 is 2.78 bits per heavy atom. The lowest BCUT2D eigenvalue weighted by atomic mass is 10.1. The summed E-state index contributed by atoms with van der Waals surface area (Å²) in [5.41, 5.74) is 1.61. The summed E-state index contributed by atoms with van der Waals surface area (Å²) < 4.78 is 13.2. The van der Waals surface area contributed by atoms with Crippen molar-refractivity contribution in [2.24, 2.45) is 0 Å². The van der Waals surface area contributed by atoms with Crippen LogP contribution in [0.4, 0.5) is 4.39 Å². The fourth-order valence-corrected chi connectivity index (χ4v) is 2.21. The van der Waals surface area contributed by atoms with E-state index < -0.39 is 5.97 Å². The average molecular weight is 249 g/mol. The Labute approximate surface area is 106 Å². The first-order valence-electron chi connectivity index (χ1n) is 6.07. The van der Waals surface area contributed by atoms with Gasteiger partial charge in [-0.15, -0.1) is 0 Å². The summed E-state index contributed by atoms with van der Waals surface area (Å²) in [4.78, 5) is 12.8. The lowest BCUT2D eigenvalue weighted by Gasteiger charge is -2.16. The van der Waals surface area contributed by atoms with Crippen LogP contribution in [0.1, 0.15) is 24.0 Å². The molecule has 0 spiro atoms. The van der Waals surface area contributed by atoms with Gasteiger partial charge in [0.1, 0.15) is 5.82 Å². The highest BCUT2D eigenvalue weighted by molar-refractivity contribution is 5.85. The molecule has 0 unspecified atom stereocenters. The Bertz CT molecular complexity index is 465. The summed E-state index contributed by atoms with van der Waals surface area (Å²) in [6.07, 6.45) is 4.89. The van der Waals surface area contributed by atoms with Gasteiger partial charge < -0.3 is 5.11 Å². The van der Waals surface area contributed by atoms with Crippen LogP contribution in [-0.4, -0.2) is 29.1 Å². The van der Waals surface area contributed by atoms with Crippen molar-refractivity contribution in [3.63, 3.8) is 0 Å². The third-order valence-corrected chi connectivity index (χ3v) is 3.11. The molecular weight excluding hydrogens is 233 g/mol. The highest BCUT2D eigenvalue weighted by atomic mass is 19.1. The fraction of sp³-hybridized carbons (Fsp3) is 0.357. The number of benzene rings is 1. The molecule has 2 rings (SSSR count). The first-order valence-corrected chi connectivity index (χ1v) is 6.07. The first-order chi connectivity index (χ1) is 8.65. The van der Waals surface area contributed by atoms with Gasteiger partial charge in [0.15, 0.2) is 0 Å². The molecule has 1 fully saturated rings. The minimum atomic E-state index is -1.02. The monoisotopic (exact) mass is 249 g/mol. The van der Waals surface area contributed by atoms with Gasteiger partial charge in [-0.1, -0.05) is 6.07 Å². The number of halogens is 1. The van der Waals surface area contributed by atoms with Crippen molar-refractivity contribution >= 4 is 12.0 Å². The molecule has 0 radical (unpaired) electrons. The molecule has 0 atom stereocenters. The van der Waals surface area contributed by atoms with Gasteiger partial charge in [-0.3, -0.25) is 4.90 Å². The second kappa shape index (κ2) is 5.78. The molecule has 1 aromatic rings. The molecule has 1 heterocycles. The standard InChI is InChI=1S/C14H16FNO2/c15-13-5-3-12(10-16-7-1-2-8-16)11(9-13)4-6-14(17)18/h3-6,9H,1-2,7-8,10H2,(H,17,18). The van der Waals surface area contributed by atoms with E-state index in [1.54, 1.807) is 6.07 Å². The first kappa shape index (κ1) is 12.8. The second-order valence-corrected chi connectivity index (χ2v) is 4.50. The zero-order chi connectivity index (χ0) is 13.0. The Morgan fingerprint density at radius 2 is 2.11 bits per heavy atom. The molecule has 1 aromatic carbocycles. The Balaban J connectivity index is 2.19.